The maximum atomic E-state index is 13.4. The first kappa shape index (κ1) is 20.3. The zero-order chi connectivity index (χ0) is 20.9. The van der Waals surface area contributed by atoms with Gasteiger partial charge in [-0.2, -0.15) is 13.2 Å². The molecule has 1 aromatic heterocycles. The average molecular weight is 422 g/mol. The van der Waals surface area contributed by atoms with E-state index >= 15 is 0 Å². The second-order valence-corrected chi connectivity index (χ2v) is 9.42. The molecule has 1 aromatic carbocycles. The number of nitrogens with zero attached hydrogens (tertiary/aromatic N) is 2. The molecule has 4 nitrogen and oxygen atoms in total. The summed E-state index contributed by atoms with van der Waals surface area (Å²) < 4.78 is 39.4. The number of hydrogen-bond donors (Lipinski definition) is 0. The Hall–Kier alpha value is -1.93. The molecule has 0 radical (unpaired) electrons. The molecule has 8 heteroatoms. The molecule has 29 heavy (non-hydrogen) atoms. The zero-order valence-electron chi connectivity index (χ0n) is 16.3. The number of likely N-dealkylation sites (tertiary alicyclic amines) is 1. The fraction of sp³-hybridized carbons (Fsp3) is 0.524. The van der Waals surface area contributed by atoms with Crippen LogP contribution in [0.2, 0.25) is 0 Å². The van der Waals surface area contributed by atoms with E-state index in [1.165, 1.54) is 17.4 Å². The first-order valence-electron chi connectivity index (χ1n) is 9.79. The van der Waals surface area contributed by atoms with Crippen LogP contribution in [0.25, 0.3) is 16.2 Å². The molecule has 0 bridgehead atoms. The normalized spacial score (nSPS) is 26.8. The Morgan fingerprint density at radius 1 is 1.34 bits per heavy atom. The van der Waals surface area contributed by atoms with Crippen molar-refractivity contribution in [2.24, 2.45) is 17.8 Å². The minimum atomic E-state index is -4.45. The van der Waals surface area contributed by atoms with Crippen LogP contribution in [0.4, 0.5) is 13.2 Å². The summed E-state index contributed by atoms with van der Waals surface area (Å²) >= 11 is 1.23. The molecule has 1 saturated heterocycles. The largest absolute Gasteiger partial charge is 0.676 e. The summed E-state index contributed by atoms with van der Waals surface area (Å²) in [4.78, 5) is 20.0. The van der Waals surface area contributed by atoms with Crippen LogP contribution in [0, 0.1) is 24.7 Å². The fourth-order valence-electron chi connectivity index (χ4n) is 4.98. The smallest absolute Gasteiger partial charge is 0.416 e. The topological polar surface area (TPSA) is 57.0 Å². The van der Waals surface area contributed by atoms with Gasteiger partial charge in [0.2, 0.25) is 0 Å². The maximum Gasteiger partial charge on any atom is 0.416 e. The maximum absolute atomic E-state index is 13.4. The molecule has 2 heterocycles. The fourth-order valence-corrected chi connectivity index (χ4v) is 5.89. The van der Waals surface area contributed by atoms with Gasteiger partial charge in [-0.15, -0.1) is 17.9 Å². The van der Waals surface area contributed by atoms with Crippen molar-refractivity contribution in [2.75, 3.05) is 13.1 Å². The number of halogens is 3. The summed E-state index contributed by atoms with van der Waals surface area (Å²) in [6, 6.07) is 4.90. The number of carbonyl (C=O) groups is 1. The minimum Gasteiger partial charge on any atom is -0.676 e. The van der Waals surface area contributed by atoms with Crippen molar-refractivity contribution in [2.45, 2.75) is 38.9 Å². The van der Waals surface area contributed by atoms with Crippen molar-refractivity contribution < 1.29 is 18.0 Å². The number of aromatic nitrogens is 1. The molecule has 1 unspecified atom stereocenters. The highest BCUT2D eigenvalue weighted by Crippen LogP contribution is 2.46. The second kappa shape index (κ2) is 7.40. The van der Waals surface area contributed by atoms with Crippen LogP contribution in [-0.2, 0) is 6.18 Å². The Balaban J connectivity index is 1.68. The SMILES string of the molecule is Cc1nc(C(=O)N2C[C@@H]3CC(C)C[C@@H]3[C@H]2C[NH-])c(-c2cccc(C(F)(F)F)c2)s1. The van der Waals surface area contributed by atoms with Gasteiger partial charge in [0, 0.05) is 12.6 Å². The summed E-state index contributed by atoms with van der Waals surface area (Å²) in [5, 5.41) is 0.635. The van der Waals surface area contributed by atoms with Crippen molar-refractivity contribution in [3.63, 3.8) is 0 Å². The number of fused-ring (bicyclic) bond motifs is 1. The lowest BCUT2D eigenvalue weighted by Gasteiger charge is -2.30. The van der Waals surface area contributed by atoms with E-state index in [1.54, 1.807) is 17.9 Å². The van der Waals surface area contributed by atoms with Crippen LogP contribution < -0.4 is 0 Å². The number of benzene rings is 1. The number of nitrogens with one attached hydrogen (secondary N) is 1. The van der Waals surface area contributed by atoms with E-state index in [4.69, 9.17) is 5.73 Å². The average Bonchev–Trinajstić information content (AvgIpc) is 3.32. The van der Waals surface area contributed by atoms with Crippen molar-refractivity contribution in [3.8, 4) is 10.4 Å². The van der Waals surface area contributed by atoms with Crippen LogP contribution >= 0.6 is 11.3 Å². The zero-order valence-corrected chi connectivity index (χ0v) is 17.1. The number of rotatable bonds is 3. The molecule has 0 spiro atoms. The number of alkyl halides is 3. The molecule has 2 aliphatic rings. The van der Waals surface area contributed by atoms with E-state index in [9.17, 15) is 18.0 Å². The van der Waals surface area contributed by atoms with E-state index in [0.29, 0.717) is 39.7 Å². The van der Waals surface area contributed by atoms with E-state index in [-0.39, 0.29) is 24.2 Å². The number of hydrogen-bond acceptors (Lipinski definition) is 3. The molecule has 1 aliphatic heterocycles. The lowest BCUT2D eigenvalue weighted by molar-refractivity contribution is -0.137. The molecule has 2 aromatic rings. The molecule has 1 saturated carbocycles. The highest BCUT2D eigenvalue weighted by Gasteiger charge is 2.47. The summed E-state index contributed by atoms with van der Waals surface area (Å²) in [6.07, 6.45) is -2.37. The van der Waals surface area contributed by atoms with Gasteiger partial charge in [0.15, 0.2) is 0 Å². The lowest BCUT2D eigenvalue weighted by Crippen LogP contribution is -2.40. The molecular formula is C21H23F3N3OS-. The summed E-state index contributed by atoms with van der Waals surface area (Å²) in [6.45, 7) is 4.71. The third kappa shape index (κ3) is 3.68. The quantitative estimate of drug-likeness (QED) is 0.639. The Morgan fingerprint density at radius 2 is 2.10 bits per heavy atom. The molecule has 1 amide bonds. The highest BCUT2D eigenvalue weighted by atomic mass is 32.1. The summed E-state index contributed by atoms with van der Waals surface area (Å²) in [5.74, 6) is 1.09. The molecule has 4 atom stereocenters. The van der Waals surface area contributed by atoms with Crippen molar-refractivity contribution in [1.82, 2.24) is 9.88 Å². The van der Waals surface area contributed by atoms with Gasteiger partial charge in [-0.25, -0.2) is 4.98 Å². The van der Waals surface area contributed by atoms with Crippen molar-refractivity contribution >= 4 is 17.2 Å². The van der Waals surface area contributed by atoms with Gasteiger partial charge >= 0.3 is 6.18 Å². The van der Waals surface area contributed by atoms with E-state index in [1.807, 2.05) is 0 Å². The van der Waals surface area contributed by atoms with Crippen LogP contribution in [0.3, 0.4) is 0 Å². The Labute approximate surface area is 171 Å². The molecule has 1 aliphatic carbocycles. The summed E-state index contributed by atoms with van der Waals surface area (Å²) in [7, 11) is 0. The first-order valence-corrected chi connectivity index (χ1v) is 10.6. The Morgan fingerprint density at radius 3 is 2.79 bits per heavy atom. The predicted molar refractivity (Wildman–Crippen MR) is 107 cm³/mol. The molecule has 4 rings (SSSR count). The summed E-state index contributed by atoms with van der Waals surface area (Å²) in [5.41, 5.74) is 7.80. The Bertz CT molecular complexity index is 926. The van der Waals surface area contributed by atoms with Crippen LogP contribution in [-0.4, -0.2) is 34.9 Å². The third-order valence-corrected chi connectivity index (χ3v) is 7.19. The van der Waals surface area contributed by atoms with Gasteiger partial charge in [0.05, 0.1) is 15.4 Å². The van der Waals surface area contributed by atoms with Gasteiger partial charge in [-0.1, -0.05) is 19.1 Å². The lowest BCUT2D eigenvalue weighted by atomic mass is 9.94. The molecule has 156 valence electrons. The van der Waals surface area contributed by atoms with Crippen molar-refractivity contribution in [1.29, 1.82) is 0 Å². The van der Waals surface area contributed by atoms with Crippen molar-refractivity contribution in [3.05, 3.63) is 46.3 Å². The highest BCUT2D eigenvalue weighted by molar-refractivity contribution is 7.15. The Kier molecular flexibility index (Phi) is 5.19. The second-order valence-electron chi connectivity index (χ2n) is 8.22. The van der Waals surface area contributed by atoms with Crippen LogP contribution in [0.1, 0.15) is 40.8 Å². The predicted octanol–water partition coefficient (Wildman–Crippen LogP) is 5.68. The number of carbonyl (C=O) groups excluding carboxylic acids is 1. The number of aryl methyl sites for hydroxylation is 1. The van der Waals surface area contributed by atoms with Gasteiger partial charge < -0.3 is 10.6 Å². The van der Waals surface area contributed by atoms with E-state index in [0.717, 1.165) is 25.0 Å². The van der Waals surface area contributed by atoms with Crippen LogP contribution in [0.5, 0.6) is 0 Å². The van der Waals surface area contributed by atoms with E-state index in [2.05, 4.69) is 11.9 Å². The third-order valence-electron chi connectivity index (χ3n) is 6.17. The molecule has 2 fully saturated rings. The van der Waals surface area contributed by atoms with Gasteiger partial charge in [0.25, 0.3) is 5.91 Å². The van der Waals surface area contributed by atoms with Gasteiger partial charge in [0.1, 0.15) is 5.69 Å². The van der Waals surface area contributed by atoms with Crippen LogP contribution in [0.15, 0.2) is 24.3 Å². The molecular weight excluding hydrogens is 399 g/mol. The molecule has 1 N–H and O–H groups in total. The standard InChI is InChI=1S/C21H23F3N3OS/c1-11-6-14-10-27(17(9-25)16(14)7-11)20(28)18-19(29-12(2)26-18)13-4-3-5-15(8-13)21(22,23)24/h3-5,8,11,14,16-17,25H,6-7,9-10H2,1-2H3/q-1/t11?,14-,16-,17+/m0/s1. The minimum absolute atomic E-state index is 0.141. The number of amides is 1. The van der Waals surface area contributed by atoms with E-state index < -0.39 is 11.7 Å². The monoisotopic (exact) mass is 422 g/mol. The number of thiazole rings is 1. The van der Waals surface area contributed by atoms with Gasteiger partial charge in [-0.05, 0) is 55.2 Å². The van der Waals surface area contributed by atoms with Gasteiger partial charge in [-0.3, -0.25) is 4.79 Å². The first-order chi connectivity index (χ1) is 13.7.